The van der Waals surface area contributed by atoms with Crippen LogP contribution in [0.2, 0.25) is 0 Å². The second-order valence-electron chi connectivity index (χ2n) is 8.70. The van der Waals surface area contributed by atoms with Crippen LogP contribution in [-0.4, -0.2) is 75.9 Å². The minimum atomic E-state index is -1.51. The number of primary amides is 2. The number of carbonyl (C=O) groups excluding carboxylic acids is 5. The molecule has 15 heteroatoms. The number of hydrogen-bond donors (Lipinski definition) is 8. The van der Waals surface area contributed by atoms with Crippen molar-refractivity contribution in [3.8, 4) is 0 Å². The van der Waals surface area contributed by atoms with E-state index in [-0.39, 0.29) is 44.4 Å². The predicted molar refractivity (Wildman–Crippen MR) is 125 cm³/mol. The number of nitrogens with two attached hydrogens (primary N) is 3. The Morgan fingerprint density at radius 2 is 1.11 bits per heavy atom. The molecule has 0 aromatic heterocycles. The van der Waals surface area contributed by atoms with Gasteiger partial charge in [0, 0.05) is 19.3 Å². The molecule has 36 heavy (non-hydrogen) atoms. The van der Waals surface area contributed by atoms with E-state index in [0.717, 1.165) is 0 Å². The molecule has 0 saturated heterocycles. The highest BCUT2D eigenvalue weighted by molar-refractivity contribution is 5.94. The quantitative estimate of drug-likeness (QED) is 0.0932. The van der Waals surface area contributed by atoms with Crippen molar-refractivity contribution in [2.45, 2.75) is 83.0 Å². The molecule has 11 N–H and O–H groups in total. The lowest BCUT2D eigenvalue weighted by Crippen LogP contribution is -2.57. The Bertz CT molecular complexity index is 833. The average Bonchev–Trinajstić information content (AvgIpc) is 2.75. The summed E-state index contributed by atoms with van der Waals surface area (Å²) in [5.41, 5.74) is 15.8. The molecule has 0 heterocycles. The Morgan fingerprint density at radius 3 is 1.58 bits per heavy atom. The third-order valence-electron chi connectivity index (χ3n) is 4.95. The van der Waals surface area contributed by atoms with Gasteiger partial charge < -0.3 is 43.4 Å². The van der Waals surface area contributed by atoms with E-state index < -0.39 is 72.1 Å². The first kappa shape index (κ1) is 32.2. The Morgan fingerprint density at radius 1 is 0.667 bits per heavy atom. The van der Waals surface area contributed by atoms with E-state index in [1.165, 1.54) is 0 Å². The summed E-state index contributed by atoms with van der Waals surface area (Å²) in [6.07, 6.45) is -1.63. The van der Waals surface area contributed by atoms with Gasteiger partial charge in [0.2, 0.25) is 29.5 Å². The highest BCUT2D eigenvalue weighted by atomic mass is 16.4. The van der Waals surface area contributed by atoms with Crippen molar-refractivity contribution < 1.29 is 43.8 Å². The van der Waals surface area contributed by atoms with Crippen molar-refractivity contribution >= 4 is 41.5 Å². The van der Waals surface area contributed by atoms with Crippen LogP contribution < -0.4 is 33.2 Å². The molecule has 204 valence electrons. The van der Waals surface area contributed by atoms with Crippen LogP contribution in [0.5, 0.6) is 0 Å². The van der Waals surface area contributed by atoms with Crippen molar-refractivity contribution in [2.24, 2.45) is 23.1 Å². The molecule has 0 aliphatic carbocycles. The number of aliphatic carboxylic acids is 2. The third-order valence-corrected chi connectivity index (χ3v) is 4.95. The smallest absolute Gasteiger partial charge is 0.326 e. The maximum Gasteiger partial charge on any atom is 0.326 e. The zero-order chi connectivity index (χ0) is 28.0. The molecule has 0 bridgehead atoms. The first-order chi connectivity index (χ1) is 16.6. The molecule has 0 aliphatic heterocycles. The molecule has 0 rings (SSSR count). The van der Waals surface area contributed by atoms with Crippen LogP contribution in [0.1, 0.15) is 58.8 Å². The van der Waals surface area contributed by atoms with Crippen molar-refractivity contribution in [1.82, 2.24) is 16.0 Å². The van der Waals surface area contributed by atoms with Crippen LogP contribution in [0, 0.1) is 5.92 Å². The molecule has 5 amide bonds. The van der Waals surface area contributed by atoms with Gasteiger partial charge in [0.1, 0.15) is 18.1 Å². The number of hydrogen-bond acceptors (Lipinski definition) is 8. The van der Waals surface area contributed by atoms with E-state index in [9.17, 15) is 38.7 Å². The van der Waals surface area contributed by atoms with Gasteiger partial charge in [0.25, 0.3) is 0 Å². The van der Waals surface area contributed by atoms with Crippen LogP contribution in [-0.2, 0) is 33.6 Å². The first-order valence-corrected chi connectivity index (χ1v) is 11.3. The molecule has 0 aliphatic rings. The number of nitrogens with one attached hydrogen (secondary N) is 3. The standard InChI is InChI=1S/C21H36N6O9/c1-10(2)9-14(27-18(32)11(22)3-6-15(23)28)20(34)25-12(5-8-17(30)31)19(33)26-13(21(35)36)4-7-16(24)29/h10-14H,3-9,22H2,1-2H3,(H2,23,28)(H2,24,29)(H,25,34)(H,26,33)(H,27,32)(H,30,31)(H,35,36). The van der Waals surface area contributed by atoms with Gasteiger partial charge in [-0.1, -0.05) is 13.8 Å². The summed E-state index contributed by atoms with van der Waals surface area (Å²) >= 11 is 0. The predicted octanol–water partition coefficient (Wildman–Crippen LogP) is -2.71. The summed E-state index contributed by atoms with van der Waals surface area (Å²) in [6.45, 7) is 3.54. The Kier molecular flexibility index (Phi) is 14.4. The number of rotatable bonds is 18. The van der Waals surface area contributed by atoms with E-state index >= 15 is 0 Å². The van der Waals surface area contributed by atoms with Crippen molar-refractivity contribution in [2.75, 3.05) is 0 Å². The zero-order valence-electron chi connectivity index (χ0n) is 20.3. The molecule has 0 spiro atoms. The van der Waals surface area contributed by atoms with Crippen molar-refractivity contribution in [1.29, 1.82) is 0 Å². The monoisotopic (exact) mass is 516 g/mol. The van der Waals surface area contributed by atoms with Crippen LogP contribution in [0.3, 0.4) is 0 Å². The minimum Gasteiger partial charge on any atom is -0.481 e. The maximum absolute atomic E-state index is 13.0. The number of carbonyl (C=O) groups is 7. The van der Waals surface area contributed by atoms with E-state index in [4.69, 9.17) is 22.3 Å². The summed E-state index contributed by atoms with van der Waals surface area (Å²) in [7, 11) is 0. The van der Waals surface area contributed by atoms with Crippen LogP contribution in [0.25, 0.3) is 0 Å². The molecular weight excluding hydrogens is 480 g/mol. The van der Waals surface area contributed by atoms with Gasteiger partial charge >= 0.3 is 11.9 Å². The van der Waals surface area contributed by atoms with E-state index in [2.05, 4.69) is 16.0 Å². The minimum absolute atomic E-state index is 0.0529. The summed E-state index contributed by atoms with van der Waals surface area (Å²) < 4.78 is 0. The molecule has 0 fully saturated rings. The second kappa shape index (κ2) is 16.0. The molecule has 4 atom stereocenters. The molecule has 4 unspecified atom stereocenters. The van der Waals surface area contributed by atoms with Gasteiger partial charge in [-0.3, -0.25) is 28.8 Å². The van der Waals surface area contributed by atoms with Crippen LogP contribution in [0.4, 0.5) is 0 Å². The van der Waals surface area contributed by atoms with Crippen LogP contribution >= 0.6 is 0 Å². The SMILES string of the molecule is CC(C)CC(NC(=O)C(N)CCC(N)=O)C(=O)NC(CCC(=O)O)C(=O)NC(CCC(N)=O)C(=O)O. The number of amides is 5. The first-order valence-electron chi connectivity index (χ1n) is 11.3. The van der Waals surface area contributed by atoms with Gasteiger partial charge in [-0.25, -0.2) is 4.79 Å². The van der Waals surface area contributed by atoms with Gasteiger partial charge in [-0.05, 0) is 31.6 Å². The Hall–Kier alpha value is -3.75. The normalized spacial score (nSPS) is 14.1. The third kappa shape index (κ3) is 13.8. The Labute approximate surface area is 207 Å². The number of carboxylic acids is 2. The molecule has 0 aromatic rings. The maximum atomic E-state index is 13.0. The highest BCUT2D eigenvalue weighted by Crippen LogP contribution is 2.09. The second-order valence-corrected chi connectivity index (χ2v) is 8.70. The molecule has 0 saturated carbocycles. The zero-order valence-corrected chi connectivity index (χ0v) is 20.3. The van der Waals surface area contributed by atoms with Crippen LogP contribution in [0.15, 0.2) is 0 Å². The summed E-state index contributed by atoms with van der Waals surface area (Å²) in [4.78, 5) is 82.4. The van der Waals surface area contributed by atoms with Gasteiger partial charge in [-0.15, -0.1) is 0 Å². The largest absolute Gasteiger partial charge is 0.481 e. The molecule has 0 radical (unpaired) electrons. The van der Waals surface area contributed by atoms with E-state index in [0.29, 0.717) is 0 Å². The average molecular weight is 517 g/mol. The fourth-order valence-corrected chi connectivity index (χ4v) is 3.04. The van der Waals surface area contributed by atoms with E-state index in [1.807, 2.05) is 0 Å². The summed E-state index contributed by atoms with van der Waals surface area (Å²) in [5.74, 6) is -6.81. The Balaban J connectivity index is 5.57. The molecular formula is C21H36N6O9. The van der Waals surface area contributed by atoms with Gasteiger partial charge in [-0.2, -0.15) is 0 Å². The van der Waals surface area contributed by atoms with E-state index in [1.54, 1.807) is 13.8 Å². The highest BCUT2D eigenvalue weighted by Gasteiger charge is 2.31. The lowest BCUT2D eigenvalue weighted by Gasteiger charge is -2.26. The molecule has 0 aromatic carbocycles. The fraction of sp³-hybridized carbons (Fsp3) is 0.667. The number of carboxylic acid groups (broad SMARTS) is 2. The van der Waals surface area contributed by atoms with Gasteiger partial charge in [0.05, 0.1) is 6.04 Å². The van der Waals surface area contributed by atoms with Crippen molar-refractivity contribution in [3.63, 3.8) is 0 Å². The summed E-state index contributed by atoms with van der Waals surface area (Å²) in [5, 5.41) is 25.3. The lowest BCUT2D eigenvalue weighted by atomic mass is 10.0. The van der Waals surface area contributed by atoms with Gasteiger partial charge in [0.15, 0.2) is 0 Å². The lowest BCUT2D eigenvalue weighted by molar-refractivity contribution is -0.143. The molecule has 15 nitrogen and oxygen atoms in total. The fourth-order valence-electron chi connectivity index (χ4n) is 3.04. The topological polar surface area (TPSA) is 274 Å². The summed E-state index contributed by atoms with van der Waals surface area (Å²) in [6, 6.07) is -5.27. The van der Waals surface area contributed by atoms with Crippen molar-refractivity contribution in [3.05, 3.63) is 0 Å².